The van der Waals surface area contributed by atoms with Crippen LogP contribution in [0.1, 0.15) is 0 Å². The molecular weight excluding hydrogens is 327 g/mol. The van der Waals surface area contributed by atoms with E-state index in [0.717, 1.165) is 29.0 Å². The number of non-ortho nitro benzene ring substituents is 1. The highest BCUT2D eigenvalue weighted by Crippen LogP contribution is 2.25. The van der Waals surface area contributed by atoms with Gasteiger partial charge in [0.1, 0.15) is 11.6 Å². The Labute approximate surface area is 142 Å². The molecule has 0 saturated heterocycles. The Morgan fingerprint density at radius 1 is 1.12 bits per heavy atom. The van der Waals surface area contributed by atoms with Crippen LogP contribution in [-0.2, 0) is 4.79 Å². The van der Waals surface area contributed by atoms with Crippen LogP contribution in [0.15, 0.2) is 60.7 Å². The van der Waals surface area contributed by atoms with E-state index < -0.39 is 16.6 Å². The second-order valence-electron chi connectivity index (χ2n) is 5.24. The van der Waals surface area contributed by atoms with Crippen molar-refractivity contribution in [3.05, 3.63) is 76.6 Å². The predicted molar refractivity (Wildman–Crippen MR) is 91.1 cm³/mol. The minimum Gasteiger partial charge on any atom is -0.483 e. The van der Waals surface area contributed by atoms with Gasteiger partial charge in [0.25, 0.3) is 11.6 Å². The number of benzene rings is 3. The first kappa shape index (κ1) is 16.4. The van der Waals surface area contributed by atoms with E-state index in [-0.39, 0.29) is 18.0 Å². The summed E-state index contributed by atoms with van der Waals surface area (Å²) in [5, 5.41) is 14.8. The van der Waals surface area contributed by atoms with E-state index in [1.165, 1.54) is 0 Å². The van der Waals surface area contributed by atoms with Gasteiger partial charge < -0.3 is 10.1 Å². The number of nitrogens with one attached hydrogen (secondary N) is 1. The molecule has 3 rings (SSSR count). The maximum Gasteiger partial charge on any atom is 0.271 e. The number of nitro benzene ring substituents is 1. The number of halogens is 1. The van der Waals surface area contributed by atoms with Gasteiger partial charge in [-0.15, -0.1) is 0 Å². The van der Waals surface area contributed by atoms with Gasteiger partial charge in [0, 0.05) is 17.5 Å². The molecule has 0 aromatic heterocycles. The molecule has 1 N–H and O–H groups in total. The molecule has 25 heavy (non-hydrogen) atoms. The number of hydrogen-bond donors (Lipinski definition) is 1. The molecular formula is C18H13FN2O4. The Bertz CT molecular complexity index is 953. The maximum absolute atomic E-state index is 13.7. The lowest BCUT2D eigenvalue weighted by Crippen LogP contribution is -2.21. The molecule has 0 radical (unpaired) electrons. The van der Waals surface area contributed by atoms with E-state index in [4.69, 9.17) is 4.74 Å². The topological polar surface area (TPSA) is 81.5 Å². The van der Waals surface area contributed by atoms with Crippen LogP contribution in [0.5, 0.6) is 5.75 Å². The normalized spacial score (nSPS) is 10.4. The number of carbonyl (C=O) groups excluding carboxylic acids is 1. The monoisotopic (exact) mass is 340 g/mol. The lowest BCUT2D eigenvalue weighted by molar-refractivity contribution is -0.384. The molecule has 0 fully saturated rings. The van der Waals surface area contributed by atoms with Crippen molar-refractivity contribution in [1.82, 2.24) is 0 Å². The molecule has 126 valence electrons. The Hall–Kier alpha value is -3.48. The first-order chi connectivity index (χ1) is 12.0. The molecule has 0 bridgehead atoms. The molecule has 0 unspecified atom stereocenters. The summed E-state index contributed by atoms with van der Waals surface area (Å²) in [5.74, 6) is -0.857. The standard InChI is InChI=1S/C18H13FN2O4/c19-15-9-8-13(21(23)24)10-16(15)20-18(22)11-25-17-7-3-5-12-4-1-2-6-14(12)17/h1-10H,11H2,(H,20,22). The van der Waals surface area contributed by atoms with Crippen LogP contribution in [0.2, 0.25) is 0 Å². The van der Waals surface area contributed by atoms with E-state index in [1.54, 1.807) is 12.1 Å². The zero-order valence-electron chi connectivity index (χ0n) is 12.9. The Morgan fingerprint density at radius 3 is 2.68 bits per heavy atom. The second kappa shape index (κ2) is 6.96. The van der Waals surface area contributed by atoms with Crippen LogP contribution < -0.4 is 10.1 Å². The van der Waals surface area contributed by atoms with Gasteiger partial charge in [0.05, 0.1) is 10.6 Å². The summed E-state index contributed by atoms with van der Waals surface area (Å²) in [6.45, 7) is -0.351. The average molecular weight is 340 g/mol. The molecule has 1 amide bonds. The average Bonchev–Trinajstić information content (AvgIpc) is 2.61. The third-order valence-electron chi connectivity index (χ3n) is 3.54. The molecule has 0 atom stereocenters. The first-order valence-electron chi connectivity index (χ1n) is 7.39. The van der Waals surface area contributed by atoms with Crippen LogP contribution in [0, 0.1) is 15.9 Å². The molecule has 0 spiro atoms. The van der Waals surface area contributed by atoms with E-state index in [9.17, 15) is 19.3 Å². The Morgan fingerprint density at radius 2 is 1.88 bits per heavy atom. The Balaban J connectivity index is 1.71. The third kappa shape index (κ3) is 3.72. The fraction of sp³-hybridized carbons (Fsp3) is 0.0556. The summed E-state index contributed by atoms with van der Waals surface area (Å²) < 4.78 is 19.2. The quantitative estimate of drug-likeness (QED) is 0.564. The van der Waals surface area contributed by atoms with Crippen molar-refractivity contribution in [3.8, 4) is 5.75 Å². The van der Waals surface area contributed by atoms with Gasteiger partial charge in [0.15, 0.2) is 6.61 Å². The highest BCUT2D eigenvalue weighted by Gasteiger charge is 2.13. The summed E-state index contributed by atoms with van der Waals surface area (Å²) in [6.07, 6.45) is 0. The van der Waals surface area contributed by atoms with Crippen molar-refractivity contribution in [2.75, 3.05) is 11.9 Å². The molecule has 0 saturated carbocycles. The van der Waals surface area contributed by atoms with E-state index in [2.05, 4.69) is 5.32 Å². The van der Waals surface area contributed by atoms with E-state index >= 15 is 0 Å². The number of ether oxygens (including phenoxy) is 1. The number of amides is 1. The summed E-state index contributed by atoms with van der Waals surface area (Å²) in [4.78, 5) is 22.0. The lowest BCUT2D eigenvalue weighted by atomic mass is 10.1. The fourth-order valence-corrected chi connectivity index (χ4v) is 2.37. The summed E-state index contributed by atoms with van der Waals surface area (Å²) in [7, 11) is 0. The smallest absolute Gasteiger partial charge is 0.271 e. The maximum atomic E-state index is 13.7. The highest BCUT2D eigenvalue weighted by atomic mass is 19.1. The third-order valence-corrected chi connectivity index (χ3v) is 3.54. The van der Waals surface area contributed by atoms with E-state index in [1.807, 2.05) is 30.3 Å². The Kier molecular flexibility index (Phi) is 4.56. The molecule has 0 heterocycles. The molecule has 3 aromatic carbocycles. The van der Waals surface area contributed by atoms with Crippen molar-refractivity contribution in [2.24, 2.45) is 0 Å². The number of fused-ring (bicyclic) bond motifs is 1. The SMILES string of the molecule is O=C(COc1cccc2ccccc12)Nc1cc([N+](=O)[O-])ccc1F. The number of hydrogen-bond acceptors (Lipinski definition) is 4. The highest BCUT2D eigenvalue weighted by molar-refractivity contribution is 5.93. The largest absolute Gasteiger partial charge is 0.483 e. The van der Waals surface area contributed by atoms with Crippen LogP contribution in [0.4, 0.5) is 15.8 Å². The van der Waals surface area contributed by atoms with Crippen molar-refractivity contribution in [3.63, 3.8) is 0 Å². The number of rotatable bonds is 5. The molecule has 7 heteroatoms. The molecule has 0 aliphatic carbocycles. The molecule has 0 aliphatic heterocycles. The van der Waals surface area contributed by atoms with Gasteiger partial charge in [-0.05, 0) is 17.5 Å². The van der Waals surface area contributed by atoms with Crippen LogP contribution in [-0.4, -0.2) is 17.4 Å². The van der Waals surface area contributed by atoms with Gasteiger partial charge in [-0.3, -0.25) is 14.9 Å². The van der Waals surface area contributed by atoms with E-state index in [0.29, 0.717) is 5.75 Å². The summed E-state index contributed by atoms with van der Waals surface area (Å²) >= 11 is 0. The van der Waals surface area contributed by atoms with Crippen LogP contribution >= 0.6 is 0 Å². The van der Waals surface area contributed by atoms with Crippen molar-refractivity contribution in [2.45, 2.75) is 0 Å². The van der Waals surface area contributed by atoms with Gasteiger partial charge in [0.2, 0.25) is 0 Å². The number of nitrogens with zero attached hydrogens (tertiary/aromatic N) is 1. The number of nitro groups is 1. The second-order valence-corrected chi connectivity index (χ2v) is 5.24. The summed E-state index contributed by atoms with van der Waals surface area (Å²) in [6, 6.07) is 15.9. The van der Waals surface area contributed by atoms with Crippen molar-refractivity contribution >= 4 is 28.1 Å². The van der Waals surface area contributed by atoms with Gasteiger partial charge in [-0.25, -0.2) is 4.39 Å². The van der Waals surface area contributed by atoms with Crippen LogP contribution in [0.3, 0.4) is 0 Å². The van der Waals surface area contributed by atoms with Crippen molar-refractivity contribution < 1.29 is 18.8 Å². The molecule has 6 nitrogen and oxygen atoms in total. The van der Waals surface area contributed by atoms with Gasteiger partial charge >= 0.3 is 0 Å². The number of anilines is 1. The first-order valence-corrected chi connectivity index (χ1v) is 7.39. The zero-order chi connectivity index (χ0) is 17.8. The van der Waals surface area contributed by atoms with Crippen LogP contribution in [0.25, 0.3) is 10.8 Å². The molecule has 3 aromatic rings. The number of carbonyl (C=O) groups is 1. The molecule has 0 aliphatic rings. The lowest BCUT2D eigenvalue weighted by Gasteiger charge is -2.10. The predicted octanol–water partition coefficient (Wildman–Crippen LogP) is 3.90. The van der Waals surface area contributed by atoms with Gasteiger partial charge in [-0.2, -0.15) is 0 Å². The van der Waals surface area contributed by atoms with Gasteiger partial charge in [-0.1, -0.05) is 36.4 Å². The summed E-state index contributed by atoms with van der Waals surface area (Å²) in [5.41, 5.74) is -0.576. The van der Waals surface area contributed by atoms with Crippen molar-refractivity contribution in [1.29, 1.82) is 0 Å². The fourth-order valence-electron chi connectivity index (χ4n) is 2.37. The zero-order valence-corrected chi connectivity index (χ0v) is 12.9. The minimum atomic E-state index is -0.760. The minimum absolute atomic E-state index is 0.263.